The fourth-order valence-corrected chi connectivity index (χ4v) is 3.46. The van der Waals surface area contributed by atoms with E-state index >= 15 is 0 Å². The van der Waals surface area contributed by atoms with E-state index < -0.39 is 11.8 Å². The van der Waals surface area contributed by atoms with Crippen LogP contribution in [-0.2, 0) is 9.59 Å². The molecular formula is C27H24ClN3O5. The van der Waals surface area contributed by atoms with E-state index in [1.165, 1.54) is 26.4 Å². The molecule has 3 rings (SSSR count). The zero-order valence-corrected chi connectivity index (χ0v) is 20.7. The Morgan fingerprint density at radius 2 is 1.69 bits per heavy atom. The fraction of sp³-hybridized carbons (Fsp3) is 0.148. The second-order valence-corrected chi connectivity index (χ2v) is 7.97. The standard InChI is InChI=1S/C27H24ClN3O5/c1-17-8-10-20(11-9-17)30-27(33)19(15-29)12-18-13-21(28)26(24(14-18)35-3)36-16-25(32)31-22-6-4-5-7-23(22)34-2/h4-14H,16H2,1-3H3,(H,30,33)(H,31,32)/b19-12-. The van der Waals surface area contributed by atoms with E-state index in [1.54, 1.807) is 42.5 Å². The first-order valence-electron chi connectivity index (χ1n) is 10.8. The van der Waals surface area contributed by atoms with Crippen LogP contribution in [0.1, 0.15) is 11.1 Å². The van der Waals surface area contributed by atoms with Crippen LogP contribution in [0.2, 0.25) is 5.02 Å². The van der Waals surface area contributed by atoms with Crippen molar-refractivity contribution in [2.24, 2.45) is 0 Å². The molecule has 9 heteroatoms. The van der Waals surface area contributed by atoms with Gasteiger partial charge in [-0.1, -0.05) is 41.4 Å². The molecule has 0 aliphatic heterocycles. The van der Waals surface area contributed by atoms with Crippen LogP contribution < -0.4 is 24.8 Å². The highest BCUT2D eigenvalue weighted by molar-refractivity contribution is 6.32. The van der Waals surface area contributed by atoms with Crippen molar-refractivity contribution in [3.63, 3.8) is 0 Å². The molecule has 0 fully saturated rings. The van der Waals surface area contributed by atoms with Gasteiger partial charge in [-0.25, -0.2) is 0 Å². The second-order valence-electron chi connectivity index (χ2n) is 7.56. The van der Waals surface area contributed by atoms with Gasteiger partial charge in [-0.15, -0.1) is 0 Å². The van der Waals surface area contributed by atoms with Gasteiger partial charge in [0.2, 0.25) is 0 Å². The third-order valence-electron chi connectivity index (χ3n) is 4.97. The monoisotopic (exact) mass is 505 g/mol. The van der Waals surface area contributed by atoms with Crippen molar-refractivity contribution in [1.29, 1.82) is 5.26 Å². The minimum absolute atomic E-state index is 0.126. The number of halogens is 1. The largest absolute Gasteiger partial charge is 0.495 e. The number of carbonyl (C=O) groups is 2. The predicted molar refractivity (Wildman–Crippen MR) is 139 cm³/mol. The van der Waals surface area contributed by atoms with E-state index in [0.29, 0.717) is 22.7 Å². The number of nitrogens with zero attached hydrogens (tertiary/aromatic N) is 1. The Labute approximate surface area is 214 Å². The number of rotatable bonds is 9. The van der Waals surface area contributed by atoms with E-state index in [4.69, 9.17) is 25.8 Å². The maximum absolute atomic E-state index is 12.6. The number of amides is 2. The molecule has 0 spiro atoms. The Morgan fingerprint density at radius 1 is 1.00 bits per heavy atom. The number of carbonyl (C=O) groups excluding carboxylic acids is 2. The number of nitrogens with one attached hydrogen (secondary N) is 2. The fourth-order valence-electron chi connectivity index (χ4n) is 3.19. The normalized spacial score (nSPS) is 10.7. The van der Waals surface area contributed by atoms with Crippen LogP contribution >= 0.6 is 11.6 Å². The van der Waals surface area contributed by atoms with Crippen LogP contribution in [0.4, 0.5) is 11.4 Å². The first-order valence-corrected chi connectivity index (χ1v) is 11.2. The third kappa shape index (κ3) is 6.78. The molecule has 36 heavy (non-hydrogen) atoms. The molecule has 0 saturated carbocycles. The Hall–Kier alpha value is -4.48. The number of methoxy groups -OCH3 is 2. The lowest BCUT2D eigenvalue weighted by molar-refractivity contribution is -0.118. The molecule has 2 N–H and O–H groups in total. The Balaban J connectivity index is 1.74. The number of aryl methyl sites for hydroxylation is 1. The maximum Gasteiger partial charge on any atom is 0.266 e. The Kier molecular flexibility index (Phi) is 8.92. The zero-order chi connectivity index (χ0) is 26.1. The Morgan fingerprint density at radius 3 is 2.36 bits per heavy atom. The van der Waals surface area contributed by atoms with Crippen molar-refractivity contribution in [1.82, 2.24) is 0 Å². The predicted octanol–water partition coefficient (Wildman–Crippen LogP) is 5.23. The van der Waals surface area contributed by atoms with Crippen molar-refractivity contribution in [3.05, 3.63) is 82.4 Å². The number of hydrogen-bond donors (Lipinski definition) is 2. The van der Waals surface area contributed by atoms with Crippen molar-refractivity contribution in [2.75, 3.05) is 31.5 Å². The maximum atomic E-state index is 12.6. The average Bonchev–Trinajstić information content (AvgIpc) is 2.87. The van der Waals surface area contributed by atoms with Gasteiger partial charge < -0.3 is 24.8 Å². The van der Waals surface area contributed by atoms with E-state index in [-0.39, 0.29) is 28.7 Å². The average molecular weight is 506 g/mol. The van der Waals surface area contributed by atoms with E-state index in [1.807, 2.05) is 25.1 Å². The van der Waals surface area contributed by atoms with Crippen molar-refractivity contribution < 1.29 is 23.8 Å². The first-order chi connectivity index (χ1) is 17.3. The number of para-hydroxylation sites is 2. The molecule has 0 aliphatic carbocycles. The summed E-state index contributed by atoms with van der Waals surface area (Å²) >= 11 is 6.39. The quantitative estimate of drug-likeness (QED) is 0.304. The lowest BCUT2D eigenvalue weighted by Crippen LogP contribution is -2.20. The first kappa shape index (κ1) is 26.1. The number of nitriles is 1. The summed E-state index contributed by atoms with van der Waals surface area (Å²) in [5.74, 6) is -0.104. The number of hydrogen-bond acceptors (Lipinski definition) is 6. The molecule has 0 aromatic heterocycles. The highest BCUT2D eigenvalue weighted by atomic mass is 35.5. The molecule has 0 saturated heterocycles. The van der Waals surface area contributed by atoms with Crippen LogP contribution in [0.3, 0.4) is 0 Å². The number of benzene rings is 3. The van der Waals surface area contributed by atoms with E-state index in [0.717, 1.165) is 5.56 Å². The van der Waals surface area contributed by atoms with Crippen molar-refractivity contribution in [3.8, 4) is 23.3 Å². The van der Waals surface area contributed by atoms with Crippen LogP contribution in [0.5, 0.6) is 17.2 Å². The summed E-state index contributed by atoms with van der Waals surface area (Å²) < 4.78 is 16.2. The molecule has 0 radical (unpaired) electrons. The van der Waals surface area contributed by atoms with Gasteiger partial charge in [-0.2, -0.15) is 5.26 Å². The van der Waals surface area contributed by atoms with Crippen LogP contribution in [0.25, 0.3) is 6.08 Å². The smallest absolute Gasteiger partial charge is 0.266 e. The number of ether oxygens (including phenoxy) is 3. The lowest BCUT2D eigenvalue weighted by atomic mass is 10.1. The minimum Gasteiger partial charge on any atom is -0.495 e. The minimum atomic E-state index is -0.565. The molecule has 184 valence electrons. The van der Waals surface area contributed by atoms with Crippen LogP contribution in [-0.4, -0.2) is 32.6 Å². The van der Waals surface area contributed by atoms with Crippen LogP contribution in [0, 0.1) is 18.3 Å². The van der Waals surface area contributed by atoms with Crippen LogP contribution in [0.15, 0.2) is 66.2 Å². The number of anilines is 2. The van der Waals surface area contributed by atoms with Gasteiger partial charge in [0, 0.05) is 5.69 Å². The van der Waals surface area contributed by atoms with Crippen molar-refractivity contribution in [2.45, 2.75) is 6.92 Å². The summed E-state index contributed by atoms with van der Waals surface area (Å²) in [6.45, 7) is 1.59. The molecule has 0 bridgehead atoms. The molecular weight excluding hydrogens is 482 g/mol. The van der Waals surface area contributed by atoms with Crippen molar-refractivity contribution >= 4 is 40.9 Å². The molecule has 3 aromatic carbocycles. The second kappa shape index (κ2) is 12.3. The molecule has 0 aliphatic rings. The summed E-state index contributed by atoms with van der Waals surface area (Å²) in [5.41, 5.74) is 2.43. The molecule has 0 atom stereocenters. The van der Waals surface area contributed by atoms with E-state index in [2.05, 4.69) is 10.6 Å². The molecule has 3 aromatic rings. The lowest BCUT2D eigenvalue weighted by Gasteiger charge is -2.14. The van der Waals surface area contributed by atoms with Gasteiger partial charge in [0.15, 0.2) is 18.1 Å². The van der Waals surface area contributed by atoms with E-state index in [9.17, 15) is 14.9 Å². The molecule has 0 heterocycles. The topological polar surface area (TPSA) is 110 Å². The summed E-state index contributed by atoms with van der Waals surface area (Å²) in [5, 5.41) is 15.0. The van der Waals surface area contributed by atoms with Gasteiger partial charge in [0.05, 0.1) is 24.9 Å². The SMILES string of the molecule is COc1ccccc1NC(=O)COc1c(Cl)cc(/C=C(/C#N)C(=O)Nc2ccc(C)cc2)cc1OC. The third-order valence-corrected chi connectivity index (χ3v) is 5.25. The highest BCUT2D eigenvalue weighted by Gasteiger charge is 2.16. The molecule has 0 unspecified atom stereocenters. The van der Waals surface area contributed by atoms with Gasteiger partial charge in [-0.05, 0) is 55.0 Å². The summed E-state index contributed by atoms with van der Waals surface area (Å²) in [6.07, 6.45) is 1.39. The summed E-state index contributed by atoms with van der Waals surface area (Å²) in [7, 11) is 2.92. The molecule has 2 amide bonds. The van der Waals surface area contributed by atoms with Gasteiger partial charge >= 0.3 is 0 Å². The summed E-state index contributed by atoms with van der Waals surface area (Å²) in [6, 6.07) is 19.1. The Bertz CT molecular complexity index is 1330. The summed E-state index contributed by atoms with van der Waals surface area (Å²) in [4.78, 5) is 25.0. The highest BCUT2D eigenvalue weighted by Crippen LogP contribution is 2.37. The van der Waals surface area contributed by atoms with Gasteiger partial charge in [0.1, 0.15) is 17.4 Å². The molecule has 8 nitrogen and oxygen atoms in total. The van der Waals surface area contributed by atoms with Gasteiger partial charge in [0.25, 0.3) is 11.8 Å². The zero-order valence-electron chi connectivity index (χ0n) is 19.9. The van der Waals surface area contributed by atoms with Gasteiger partial charge in [-0.3, -0.25) is 9.59 Å².